The lowest BCUT2D eigenvalue weighted by molar-refractivity contribution is -0.208. The Kier molecular flexibility index (Phi) is 4.12. The second-order valence-electron chi connectivity index (χ2n) is 10.9. The Bertz CT molecular complexity index is 718. The maximum atomic E-state index is 12.1. The predicted molar refractivity (Wildman–Crippen MR) is 103 cm³/mol. The van der Waals surface area contributed by atoms with Crippen LogP contribution in [-0.2, 0) is 9.53 Å². The van der Waals surface area contributed by atoms with E-state index < -0.39 is 17.1 Å². The Morgan fingerprint density at radius 1 is 1.07 bits per heavy atom. The van der Waals surface area contributed by atoms with E-state index in [-0.39, 0.29) is 35.9 Å². The number of rotatable bonds is 1. The van der Waals surface area contributed by atoms with Crippen LogP contribution in [0.25, 0.3) is 0 Å². The first kappa shape index (κ1) is 19.1. The van der Waals surface area contributed by atoms with E-state index in [0.29, 0.717) is 18.3 Å². The fourth-order valence-corrected chi connectivity index (χ4v) is 8.47. The van der Waals surface area contributed by atoms with Crippen LogP contribution in [0.1, 0.15) is 65.2 Å². The van der Waals surface area contributed by atoms with Gasteiger partial charge in [-0.3, -0.25) is 0 Å². The summed E-state index contributed by atoms with van der Waals surface area (Å²) < 4.78 is 5.14. The minimum absolute atomic E-state index is 0.170. The highest BCUT2D eigenvalue weighted by molar-refractivity contribution is 5.85. The molecule has 0 aromatic carbocycles. The van der Waals surface area contributed by atoms with Crippen molar-refractivity contribution in [1.29, 1.82) is 0 Å². The topological polar surface area (TPSA) is 87.0 Å². The molecule has 4 saturated carbocycles. The Hall–Kier alpha value is -0.910. The number of cyclic esters (lactones) is 1. The molecule has 0 bridgehead atoms. The maximum absolute atomic E-state index is 12.1. The standard InChI is InChI=1S/C23H34O5/c1-21-7-5-15(24)10-14(21)3-4-17-16(21)6-8-22(2)20(13-9-19(26)28-12-13)18(25)11-23(17,22)27/h9,14-18,20,24-25,27H,3-8,10-12H2,1-2H3/t14-,15-,16+,17-,18+,20+,21+,22-,23-/m1/s1. The summed E-state index contributed by atoms with van der Waals surface area (Å²) in [6.07, 6.45) is 7.87. The van der Waals surface area contributed by atoms with Crippen LogP contribution in [0.15, 0.2) is 11.6 Å². The van der Waals surface area contributed by atoms with Crippen LogP contribution in [0.3, 0.4) is 0 Å². The van der Waals surface area contributed by atoms with Crippen LogP contribution in [0.4, 0.5) is 0 Å². The van der Waals surface area contributed by atoms with E-state index in [1.807, 2.05) is 0 Å². The first-order valence-corrected chi connectivity index (χ1v) is 11.1. The number of hydrogen-bond donors (Lipinski definition) is 3. The average Bonchev–Trinajstić information content (AvgIpc) is 3.13. The fraction of sp³-hybridized carbons (Fsp3) is 0.870. The number of hydrogen-bond acceptors (Lipinski definition) is 5. The van der Waals surface area contributed by atoms with E-state index in [0.717, 1.165) is 50.5 Å². The molecular formula is C23H34O5. The highest BCUT2D eigenvalue weighted by atomic mass is 16.5. The van der Waals surface area contributed by atoms with Crippen molar-refractivity contribution in [3.63, 3.8) is 0 Å². The van der Waals surface area contributed by atoms with Gasteiger partial charge in [0.15, 0.2) is 0 Å². The third kappa shape index (κ3) is 2.33. The molecule has 4 aliphatic carbocycles. The average molecular weight is 391 g/mol. The zero-order chi connectivity index (χ0) is 19.9. The third-order valence-corrected chi connectivity index (χ3v) is 9.92. The van der Waals surface area contributed by atoms with E-state index in [4.69, 9.17) is 4.74 Å². The Morgan fingerprint density at radius 3 is 2.57 bits per heavy atom. The SMILES string of the molecule is C[C@]12CC[C@@H](O)C[C@H]1CC[C@@H]1[C@@H]2CC[C@]2(C)[C@@H](C3=CC(=O)OC3)[C@@H](O)C[C@@]12O. The molecule has 5 rings (SSSR count). The normalized spacial score (nSPS) is 55.8. The van der Waals surface area contributed by atoms with Crippen molar-refractivity contribution >= 4 is 5.97 Å². The second-order valence-corrected chi connectivity index (χ2v) is 10.9. The van der Waals surface area contributed by atoms with Crippen LogP contribution >= 0.6 is 0 Å². The van der Waals surface area contributed by atoms with Crippen molar-refractivity contribution in [3.8, 4) is 0 Å². The fourth-order valence-electron chi connectivity index (χ4n) is 8.47. The summed E-state index contributed by atoms with van der Waals surface area (Å²) >= 11 is 0. The summed E-state index contributed by atoms with van der Waals surface area (Å²) in [5, 5.41) is 33.3. The second kappa shape index (κ2) is 6.05. The van der Waals surface area contributed by atoms with Gasteiger partial charge in [-0.1, -0.05) is 13.8 Å². The lowest BCUT2D eigenvalue weighted by atomic mass is 9.43. The molecule has 156 valence electrons. The summed E-state index contributed by atoms with van der Waals surface area (Å²) in [6, 6.07) is 0. The number of aliphatic hydroxyl groups is 3. The van der Waals surface area contributed by atoms with Crippen molar-refractivity contribution < 1.29 is 24.9 Å². The number of aliphatic hydroxyl groups excluding tert-OH is 2. The van der Waals surface area contributed by atoms with Crippen LogP contribution in [0.2, 0.25) is 0 Å². The molecule has 0 aromatic heterocycles. The molecule has 1 heterocycles. The van der Waals surface area contributed by atoms with Gasteiger partial charge in [-0.2, -0.15) is 0 Å². The van der Waals surface area contributed by atoms with Crippen LogP contribution in [-0.4, -0.2) is 45.7 Å². The highest BCUT2D eigenvalue weighted by Crippen LogP contribution is 2.69. The molecule has 5 aliphatic rings. The molecule has 0 amide bonds. The van der Waals surface area contributed by atoms with Crippen LogP contribution in [0, 0.1) is 34.5 Å². The summed E-state index contributed by atoms with van der Waals surface area (Å²) in [4.78, 5) is 11.7. The largest absolute Gasteiger partial charge is 0.458 e. The molecule has 28 heavy (non-hydrogen) atoms. The van der Waals surface area contributed by atoms with Crippen LogP contribution in [0.5, 0.6) is 0 Å². The van der Waals surface area contributed by atoms with Crippen LogP contribution < -0.4 is 0 Å². The van der Waals surface area contributed by atoms with Crippen molar-refractivity contribution in [1.82, 2.24) is 0 Å². The van der Waals surface area contributed by atoms with Gasteiger partial charge in [-0.05, 0) is 73.7 Å². The smallest absolute Gasteiger partial charge is 0.331 e. The van der Waals surface area contributed by atoms with E-state index >= 15 is 0 Å². The molecule has 0 saturated heterocycles. The predicted octanol–water partition coefficient (Wildman–Crippen LogP) is 2.58. The van der Waals surface area contributed by atoms with Gasteiger partial charge in [0.05, 0.1) is 17.8 Å². The number of carbonyl (C=O) groups excluding carboxylic acids is 1. The number of esters is 1. The molecule has 9 atom stereocenters. The molecule has 0 radical (unpaired) electrons. The summed E-state index contributed by atoms with van der Waals surface area (Å²) in [5.41, 5.74) is -0.301. The molecule has 0 aromatic rings. The zero-order valence-electron chi connectivity index (χ0n) is 17.1. The maximum Gasteiger partial charge on any atom is 0.331 e. The number of carbonyl (C=O) groups is 1. The molecule has 5 nitrogen and oxygen atoms in total. The monoisotopic (exact) mass is 390 g/mol. The van der Waals surface area contributed by atoms with Gasteiger partial charge in [-0.25, -0.2) is 4.79 Å². The van der Waals surface area contributed by atoms with Gasteiger partial charge in [0.2, 0.25) is 0 Å². The highest BCUT2D eigenvalue weighted by Gasteiger charge is 2.70. The first-order valence-electron chi connectivity index (χ1n) is 11.1. The summed E-state index contributed by atoms with van der Waals surface area (Å²) in [6.45, 7) is 4.77. The molecule has 3 N–H and O–H groups in total. The molecule has 4 fully saturated rings. The van der Waals surface area contributed by atoms with Gasteiger partial charge in [0.1, 0.15) is 6.61 Å². The Labute approximate surface area is 167 Å². The Morgan fingerprint density at radius 2 is 1.86 bits per heavy atom. The van der Waals surface area contributed by atoms with Crippen molar-refractivity contribution in [2.45, 2.75) is 83.0 Å². The van der Waals surface area contributed by atoms with E-state index in [1.165, 1.54) is 6.08 Å². The van der Waals surface area contributed by atoms with Gasteiger partial charge >= 0.3 is 5.97 Å². The number of ether oxygens (including phenoxy) is 1. The number of fused-ring (bicyclic) bond motifs is 5. The summed E-state index contributed by atoms with van der Waals surface area (Å²) in [7, 11) is 0. The van der Waals surface area contributed by atoms with E-state index in [2.05, 4.69) is 13.8 Å². The van der Waals surface area contributed by atoms with E-state index in [1.54, 1.807) is 0 Å². The molecule has 0 unspecified atom stereocenters. The lowest BCUT2D eigenvalue weighted by Crippen LogP contribution is -2.62. The molecule has 5 heteroatoms. The summed E-state index contributed by atoms with van der Waals surface area (Å²) in [5.74, 6) is 0.627. The molecule has 0 spiro atoms. The zero-order valence-corrected chi connectivity index (χ0v) is 17.1. The third-order valence-electron chi connectivity index (χ3n) is 9.92. The van der Waals surface area contributed by atoms with Gasteiger partial charge < -0.3 is 20.1 Å². The quantitative estimate of drug-likeness (QED) is 0.599. The van der Waals surface area contributed by atoms with E-state index in [9.17, 15) is 20.1 Å². The van der Waals surface area contributed by atoms with Crippen molar-refractivity contribution in [2.75, 3.05) is 6.61 Å². The molecular weight excluding hydrogens is 356 g/mol. The Balaban J connectivity index is 1.50. The van der Waals surface area contributed by atoms with Crippen molar-refractivity contribution in [2.24, 2.45) is 34.5 Å². The lowest BCUT2D eigenvalue weighted by Gasteiger charge is -2.63. The minimum Gasteiger partial charge on any atom is -0.458 e. The first-order chi connectivity index (χ1) is 13.2. The van der Waals surface area contributed by atoms with Gasteiger partial charge in [0.25, 0.3) is 0 Å². The molecule has 1 aliphatic heterocycles. The van der Waals surface area contributed by atoms with Gasteiger partial charge in [0, 0.05) is 23.8 Å². The minimum atomic E-state index is -0.906. The van der Waals surface area contributed by atoms with Gasteiger partial charge in [-0.15, -0.1) is 0 Å². The van der Waals surface area contributed by atoms with Crippen molar-refractivity contribution in [3.05, 3.63) is 11.6 Å².